The standard InChI is InChI=1S/C24H39N3O3/c1-8-9-18-10-12-19(13-11-18)26-22(29)17(4)25-23(30)21(16(2)3)27-20(28)14-15-24(5,6)7/h10-13,16-17,21H,8-9,14-15H2,1-7H3,(H,25,30)(H,26,29)(H,27,28)/t17-,21-/m0/s1. The number of carbonyl (C=O) groups excluding carboxylic acids is 3. The van der Waals surface area contributed by atoms with Crippen LogP contribution in [0.2, 0.25) is 0 Å². The van der Waals surface area contributed by atoms with Gasteiger partial charge in [-0.05, 0) is 48.8 Å². The van der Waals surface area contributed by atoms with Crippen LogP contribution in [0.4, 0.5) is 5.69 Å². The van der Waals surface area contributed by atoms with E-state index in [4.69, 9.17) is 0 Å². The third-order valence-electron chi connectivity index (χ3n) is 4.88. The Kier molecular flexibility index (Phi) is 10.0. The van der Waals surface area contributed by atoms with E-state index in [2.05, 4.69) is 43.6 Å². The molecular formula is C24H39N3O3. The van der Waals surface area contributed by atoms with Gasteiger partial charge in [0.1, 0.15) is 12.1 Å². The molecule has 0 bridgehead atoms. The minimum absolute atomic E-state index is 0.0499. The average molecular weight is 418 g/mol. The lowest BCUT2D eigenvalue weighted by atomic mass is 9.90. The van der Waals surface area contributed by atoms with Crippen LogP contribution in [0.25, 0.3) is 0 Å². The molecule has 3 N–H and O–H groups in total. The second-order valence-corrected chi connectivity index (χ2v) is 9.52. The quantitative estimate of drug-likeness (QED) is 0.537. The van der Waals surface area contributed by atoms with Crippen LogP contribution in [0.1, 0.15) is 73.3 Å². The van der Waals surface area contributed by atoms with Crippen LogP contribution in [0.15, 0.2) is 24.3 Å². The number of amides is 3. The zero-order chi connectivity index (χ0) is 22.9. The van der Waals surface area contributed by atoms with E-state index in [0.29, 0.717) is 12.1 Å². The fourth-order valence-electron chi connectivity index (χ4n) is 2.93. The summed E-state index contributed by atoms with van der Waals surface area (Å²) in [6.07, 6.45) is 3.17. The highest BCUT2D eigenvalue weighted by Crippen LogP contribution is 2.20. The molecule has 1 rings (SSSR count). The molecule has 0 radical (unpaired) electrons. The molecule has 0 aromatic heterocycles. The summed E-state index contributed by atoms with van der Waals surface area (Å²) in [4.78, 5) is 37.4. The highest BCUT2D eigenvalue weighted by atomic mass is 16.2. The molecule has 6 heteroatoms. The number of carbonyl (C=O) groups is 3. The number of rotatable bonds is 10. The minimum atomic E-state index is -0.722. The van der Waals surface area contributed by atoms with Gasteiger partial charge in [0.05, 0.1) is 0 Å². The smallest absolute Gasteiger partial charge is 0.246 e. The third kappa shape index (κ3) is 9.42. The molecule has 0 saturated heterocycles. The number of hydrogen-bond donors (Lipinski definition) is 3. The third-order valence-corrected chi connectivity index (χ3v) is 4.88. The molecule has 1 aromatic rings. The van der Waals surface area contributed by atoms with Gasteiger partial charge >= 0.3 is 0 Å². The molecule has 1 aromatic carbocycles. The first-order chi connectivity index (χ1) is 13.9. The lowest BCUT2D eigenvalue weighted by molar-refractivity contribution is -0.132. The molecule has 6 nitrogen and oxygen atoms in total. The summed E-state index contributed by atoms with van der Waals surface area (Å²) in [7, 11) is 0. The van der Waals surface area contributed by atoms with Crippen molar-refractivity contribution in [2.45, 2.75) is 86.2 Å². The van der Waals surface area contributed by atoms with Gasteiger partial charge in [0, 0.05) is 12.1 Å². The molecule has 2 atom stereocenters. The molecule has 3 amide bonds. The first-order valence-corrected chi connectivity index (χ1v) is 10.9. The number of hydrogen-bond acceptors (Lipinski definition) is 3. The summed E-state index contributed by atoms with van der Waals surface area (Å²) in [5, 5.41) is 8.36. The fraction of sp³-hybridized carbons (Fsp3) is 0.625. The maximum atomic E-state index is 12.7. The van der Waals surface area contributed by atoms with Crippen LogP contribution in [-0.4, -0.2) is 29.8 Å². The molecule has 0 unspecified atom stereocenters. The summed E-state index contributed by atoms with van der Waals surface area (Å²) in [6, 6.07) is 6.31. The molecular weight excluding hydrogens is 378 g/mol. The molecule has 0 aliphatic carbocycles. The molecule has 0 heterocycles. The SMILES string of the molecule is CCCc1ccc(NC(=O)[C@H](C)NC(=O)[C@@H](NC(=O)CCC(C)(C)C)C(C)C)cc1. The predicted octanol–water partition coefficient (Wildman–Crippen LogP) is 4.05. The first kappa shape index (κ1) is 25.7. The summed E-state index contributed by atoms with van der Waals surface area (Å²) in [6.45, 7) is 13.7. The van der Waals surface area contributed by atoms with Crippen molar-refractivity contribution < 1.29 is 14.4 Å². The largest absolute Gasteiger partial charge is 0.344 e. The topological polar surface area (TPSA) is 87.3 Å². The molecule has 30 heavy (non-hydrogen) atoms. The van der Waals surface area contributed by atoms with Crippen LogP contribution in [0.5, 0.6) is 0 Å². The Morgan fingerprint density at radius 3 is 2.03 bits per heavy atom. The van der Waals surface area contributed by atoms with Crippen molar-refractivity contribution in [1.29, 1.82) is 0 Å². The van der Waals surface area contributed by atoms with E-state index in [-0.39, 0.29) is 29.1 Å². The summed E-state index contributed by atoms with van der Waals surface area (Å²) >= 11 is 0. The summed E-state index contributed by atoms with van der Waals surface area (Å²) in [5.41, 5.74) is 1.96. The van der Waals surface area contributed by atoms with Gasteiger partial charge in [-0.25, -0.2) is 0 Å². The fourth-order valence-corrected chi connectivity index (χ4v) is 2.93. The first-order valence-electron chi connectivity index (χ1n) is 10.9. The lowest BCUT2D eigenvalue weighted by Crippen LogP contribution is -2.53. The monoisotopic (exact) mass is 417 g/mol. The predicted molar refractivity (Wildman–Crippen MR) is 122 cm³/mol. The Labute approximate surface area is 181 Å². The van der Waals surface area contributed by atoms with Gasteiger partial charge < -0.3 is 16.0 Å². The maximum Gasteiger partial charge on any atom is 0.246 e. The van der Waals surface area contributed by atoms with Crippen LogP contribution < -0.4 is 16.0 Å². The van der Waals surface area contributed by atoms with Crippen LogP contribution in [0.3, 0.4) is 0 Å². The van der Waals surface area contributed by atoms with Crippen LogP contribution in [0, 0.1) is 11.3 Å². The Hall–Kier alpha value is -2.37. The van der Waals surface area contributed by atoms with E-state index in [1.165, 1.54) is 5.56 Å². The van der Waals surface area contributed by atoms with Crippen molar-refractivity contribution in [2.75, 3.05) is 5.32 Å². The highest BCUT2D eigenvalue weighted by molar-refractivity contribution is 5.98. The van der Waals surface area contributed by atoms with E-state index < -0.39 is 12.1 Å². The van der Waals surface area contributed by atoms with Gasteiger partial charge in [0.25, 0.3) is 0 Å². The van der Waals surface area contributed by atoms with E-state index in [0.717, 1.165) is 19.3 Å². The summed E-state index contributed by atoms with van der Waals surface area (Å²) in [5.74, 6) is -0.892. The number of benzene rings is 1. The normalized spacial score (nSPS) is 13.5. The lowest BCUT2D eigenvalue weighted by Gasteiger charge is -2.25. The van der Waals surface area contributed by atoms with E-state index in [1.807, 2.05) is 38.1 Å². The van der Waals surface area contributed by atoms with Gasteiger partial charge in [-0.3, -0.25) is 14.4 Å². The Morgan fingerprint density at radius 1 is 0.933 bits per heavy atom. The van der Waals surface area contributed by atoms with Crippen molar-refractivity contribution in [2.24, 2.45) is 11.3 Å². The Bertz CT molecular complexity index is 705. The second-order valence-electron chi connectivity index (χ2n) is 9.52. The molecule has 0 fully saturated rings. The second kappa shape index (κ2) is 11.7. The van der Waals surface area contributed by atoms with Crippen LogP contribution in [-0.2, 0) is 20.8 Å². The zero-order valence-corrected chi connectivity index (χ0v) is 19.6. The molecule has 0 aliphatic rings. The van der Waals surface area contributed by atoms with Gasteiger partial charge in [-0.1, -0.05) is 60.1 Å². The molecule has 0 aliphatic heterocycles. The van der Waals surface area contributed by atoms with Gasteiger partial charge in [0.15, 0.2) is 0 Å². The van der Waals surface area contributed by atoms with Gasteiger partial charge in [-0.15, -0.1) is 0 Å². The number of aryl methyl sites for hydroxylation is 1. The number of nitrogens with one attached hydrogen (secondary N) is 3. The van der Waals surface area contributed by atoms with Crippen molar-refractivity contribution in [1.82, 2.24) is 10.6 Å². The molecule has 168 valence electrons. The maximum absolute atomic E-state index is 12.7. The van der Waals surface area contributed by atoms with Crippen molar-refractivity contribution in [3.8, 4) is 0 Å². The molecule has 0 spiro atoms. The zero-order valence-electron chi connectivity index (χ0n) is 19.6. The van der Waals surface area contributed by atoms with Gasteiger partial charge in [-0.2, -0.15) is 0 Å². The van der Waals surface area contributed by atoms with Crippen molar-refractivity contribution in [3.63, 3.8) is 0 Å². The Morgan fingerprint density at radius 2 is 1.53 bits per heavy atom. The highest BCUT2D eigenvalue weighted by Gasteiger charge is 2.27. The van der Waals surface area contributed by atoms with Crippen LogP contribution >= 0.6 is 0 Å². The van der Waals surface area contributed by atoms with Crippen molar-refractivity contribution >= 4 is 23.4 Å². The summed E-state index contributed by atoms with van der Waals surface area (Å²) < 4.78 is 0. The van der Waals surface area contributed by atoms with E-state index in [9.17, 15) is 14.4 Å². The Balaban J connectivity index is 2.63. The van der Waals surface area contributed by atoms with Gasteiger partial charge in [0.2, 0.25) is 17.7 Å². The minimum Gasteiger partial charge on any atom is -0.344 e. The number of anilines is 1. The van der Waals surface area contributed by atoms with E-state index in [1.54, 1.807) is 6.92 Å². The van der Waals surface area contributed by atoms with E-state index >= 15 is 0 Å². The van der Waals surface area contributed by atoms with Crippen molar-refractivity contribution in [3.05, 3.63) is 29.8 Å². The molecule has 0 saturated carbocycles. The average Bonchev–Trinajstić information content (AvgIpc) is 2.65.